The van der Waals surface area contributed by atoms with E-state index < -0.39 is 22.5 Å². The molecule has 10 heteroatoms. The van der Waals surface area contributed by atoms with Crippen molar-refractivity contribution in [2.45, 2.75) is 63.6 Å². The molecular weight excluding hydrogens is 586 g/mol. The first-order chi connectivity index (χ1) is 21.4. The summed E-state index contributed by atoms with van der Waals surface area (Å²) in [7, 11) is -1.09. The number of alkyl carbamates (subject to hydrolysis) is 1. The normalized spacial score (nSPS) is 14.4. The maximum absolute atomic E-state index is 13.7. The third-order valence-corrected chi connectivity index (χ3v) is 8.28. The predicted octanol–water partition coefficient (Wildman–Crippen LogP) is 6.28. The number of amides is 2. The second-order valence-corrected chi connectivity index (χ2v) is 13.9. The van der Waals surface area contributed by atoms with Crippen molar-refractivity contribution >= 4 is 28.5 Å². The lowest BCUT2D eigenvalue weighted by atomic mass is 9.98. The molecule has 4 aromatic rings. The smallest absolute Gasteiger partial charge is 0.407 e. The number of anilines is 1. The fraction of sp³-hybridized carbons (Fsp3) is 0.343. The number of hydrogen-bond donors (Lipinski definition) is 3. The van der Waals surface area contributed by atoms with Crippen molar-refractivity contribution in [3.05, 3.63) is 107 Å². The Morgan fingerprint density at radius 3 is 2.42 bits per heavy atom. The first-order valence-corrected chi connectivity index (χ1v) is 16.7. The van der Waals surface area contributed by atoms with Crippen LogP contribution in [0.2, 0.25) is 0 Å². The number of rotatable bonds is 11. The molecule has 0 saturated heterocycles. The van der Waals surface area contributed by atoms with Gasteiger partial charge < -0.3 is 20.7 Å². The second-order valence-electron chi connectivity index (χ2n) is 12.5. The van der Waals surface area contributed by atoms with Crippen molar-refractivity contribution in [1.82, 2.24) is 20.4 Å². The Balaban J connectivity index is 1.35. The maximum Gasteiger partial charge on any atom is 0.407 e. The van der Waals surface area contributed by atoms with E-state index in [1.807, 2.05) is 100 Å². The summed E-state index contributed by atoms with van der Waals surface area (Å²) in [5, 5.41) is 14.1. The van der Waals surface area contributed by atoms with Crippen molar-refractivity contribution in [2.75, 3.05) is 18.1 Å². The van der Waals surface area contributed by atoms with Crippen LogP contribution in [0.3, 0.4) is 0 Å². The van der Waals surface area contributed by atoms with E-state index in [0.717, 1.165) is 28.1 Å². The van der Waals surface area contributed by atoms with Gasteiger partial charge in [-0.05, 0) is 112 Å². The lowest BCUT2D eigenvalue weighted by molar-refractivity contribution is 0.0523. The molecule has 1 fully saturated rings. The predicted molar refractivity (Wildman–Crippen MR) is 177 cm³/mol. The molecule has 0 spiro atoms. The lowest BCUT2D eigenvalue weighted by Crippen LogP contribution is -2.32. The number of carbonyl (C=O) groups is 2. The SMILES string of the molecule is Cc1cc(C(=O)Nc2cccc(C(NCC3CC3)c3cccc(S(C)=O)c3)c2)n(-c2cccc(CNC(=O)OC(C)(C)C)c2)n1. The summed E-state index contributed by atoms with van der Waals surface area (Å²) in [4.78, 5) is 26.6. The molecule has 45 heavy (non-hydrogen) atoms. The molecule has 1 aromatic heterocycles. The van der Waals surface area contributed by atoms with Crippen molar-refractivity contribution < 1.29 is 18.5 Å². The average Bonchev–Trinajstić information content (AvgIpc) is 3.74. The van der Waals surface area contributed by atoms with E-state index >= 15 is 0 Å². The Hall–Kier alpha value is -4.28. The first-order valence-electron chi connectivity index (χ1n) is 15.2. The molecule has 0 bridgehead atoms. The van der Waals surface area contributed by atoms with Crippen molar-refractivity contribution in [3.8, 4) is 5.69 Å². The summed E-state index contributed by atoms with van der Waals surface area (Å²) >= 11 is 0. The zero-order chi connectivity index (χ0) is 32.1. The monoisotopic (exact) mass is 627 g/mol. The van der Waals surface area contributed by atoms with Gasteiger partial charge in [-0.1, -0.05) is 36.4 Å². The maximum atomic E-state index is 13.7. The van der Waals surface area contributed by atoms with E-state index in [4.69, 9.17) is 4.74 Å². The van der Waals surface area contributed by atoms with Crippen LogP contribution in [0.25, 0.3) is 5.69 Å². The molecule has 0 radical (unpaired) electrons. The topological polar surface area (TPSA) is 114 Å². The molecule has 5 rings (SSSR count). The Morgan fingerprint density at radius 2 is 1.71 bits per heavy atom. The summed E-state index contributed by atoms with van der Waals surface area (Å²) in [6, 6.07) is 24.8. The summed E-state index contributed by atoms with van der Waals surface area (Å²) in [6.07, 6.45) is 3.64. The summed E-state index contributed by atoms with van der Waals surface area (Å²) < 4.78 is 19.2. The quantitative estimate of drug-likeness (QED) is 0.180. The molecule has 2 amide bonds. The van der Waals surface area contributed by atoms with Crippen LogP contribution in [-0.4, -0.2) is 44.4 Å². The molecule has 2 atom stereocenters. The summed E-state index contributed by atoms with van der Waals surface area (Å²) in [6.45, 7) is 8.45. The molecule has 236 valence electrons. The van der Waals surface area contributed by atoms with Gasteiger partial charge in [0, 0.05) is 34.2 Å². The number of benzene rings is 3. The van der Waals surface area contributed by atoms with E-state index in [1.165, 1.54) is 12.8 Å². The number of carbonyl (C=O) groups excluding carboxylic acids is 2. The molecular formula is C35H41N5O4S. The van der Waals surface area contributed by atoms with E-state index in [9.17, 15) is 13.8 Å². The summed E-state index contributed by atoms with van der Waals surface area (Å²) in [5.74, 6) is 0.380. The van der Waals surface area contributed by atoms with Crippen LogP contribution in [0.1, 0.15) is 72.5 Å². The zero-order valence-electron chi connectivity index (χ0n) is 26.4. The number of aryl methyl sites for hydroxylation is 1. The molecule has 0 aliphatic heterocycles. The van der Waals surface area contributed by atoms with Gasteiger partial charge >= 0.3 is 6.09 Å². The van der Waals surface area contributed by atoms with Crippen LogP contribution >= 0.6 is 0 Å². The van der Waals surface area contributed by atoms with E-state index in [2.05, 4.69) is 21.0 Å². The van der Waals surface area contributed by atoms with E-state index in [0.29, 0.717) is 28.7 Å². The molecule has 1 saturated carbocycles. The van der Waals surface area contributed by atoms with Crippen LogP contribution in [0, 0.1) is 12.8 Å². The van der Waals surface area contributed by atoms with E-state index in [-0.39, 0.29) is 18.5 Å². The van der Waals surface area contributed by atoms with E-state index in [1.54, 1.807) is 17.0 Å². The number of ether oxygens (including phenoxy) is 1. The van der Waals surface area contributed by atoms with Crippen molar-refractivity contribution in [1.29, 1.82) is 0 Å². The minimum Gasteiger partial charge on any atom is -0.444 e. The zero-order valence-corrected chi connectivity index (χ0v) is 27.2. The van der Waals surface area contributed by atoms with Crippen molar-refractivity contribution in [3.63, 3.8) is 0 Å². The van der Waals surface area contributed by atoms with Crippen LogP contribution in [0.4, 0.5) is 10.5 Å². The van der Waals surface area contributed by atoms with Crippen LogP contribution < -0.4 is 16.0 Å². The molecule has 3 aromatic carbocycles. The fourth-order valence-corrected chi connectivity index (χ4v) is 5.62. The second kappa shape index (κ2) is 13.8. The first kappa shape index (κ1) is 32.1. The minimum atomic E-state index is -1.09. The van der Waals surface area contributed by atoms with Gasteiger partial charge in [-0.25, -0.2) is 9.48 Å². The Morgan fingerprint density at radius 1 is 1.00 bits per heavy atom. The van der Waals surface area contributed by atoms with Gasteiger partial charge in [0.25, 0.3) is 5.91 Å². The highest BCUT2D eigenvalue weighted by molar-refractivity contribution is 7.84. The molecule has 3 N–H and O–H groups in total. The number of nitrogens with one attached hydrogen (secondary N) is 3. The van der Waals surface area contributed by atoms with Gasteiger partial charge in [-0.15, -0.1) is 0 Å². The minimum absolute atomic E-state index is 0.115. The average molecular weight is 628 g/mol. The number of hydrogen-bond acceptors (Lipinski definition) is 6. The third-order valence-electron chi connectivity index (χ3n) is 7.36. The Labute approximate surface area is 267 Å². The number of nitrogens with zero attached hydrogens (tertiary/aromatic N) is 2. The van der Waals surface area contributed by atoms with Gasteiger partial charge in [0.1, 0.15) is 11.3 Å². The van der Waals surface area contributed by atoms with Crippen molar-refractivity contribution in [2.24, 2.45) is 5.92 Å². The van der Waals surface area contributed by atoms with Crippen LogP contribution in [-0.2, 0) is 22.1 Å². The van der Waals surface area contributed by atoms with Gasteiger partial charge in [0.2, 0.25) is 0 Å². The molecule has 2 unspecified atom stereocenters. The Kier molecular flexibility index (Phi) is 9.84. The lowest BCUT2D eigenvalue weighted by Gasteiger charge is -2.21. The highest BCUT2D eigenvalue weighted by Crippen LogP contribution is 2.31. The van der Waals surface area contributed by atoms with Crippen LogP contribution in [0.5, 0.6) is 0 Å². The van der Waals surface area contributed by atoms with Gasteiger partial charge in [-0.2, -0.15) is 5.10 Å². The molecule has 9 nitrogen and oxygen atoms in total. The van der Waals surface area contributed by atoms with Gasteiger partial charge in [0.05, 0.1) is 17.4 Å². The highest BCUT2D eigenvalue weighted by Gasteiger charge is 2.24. The van der Waals surface area contributed by atoms with Crippen LogP contribution in [0.15, 0.2) is 83.8 Å². The largest absolute Gasteiger partial charge is 0.444 e. The summed E-state index contributed by atoms with van der Waals surface area (Å²) in [5.41, 5.74) is 4.72. The standard InChI is InChI=1S/C35H41N5O4S/c1-23-17-31(40(39-23)29-13-6-9-25(18-29)22-37-34(42)44-35(2,3)4)33(41)38-28-12-7-10-26(19-28)32(36-21-24-15-16-24)27-11-8-14-30(20-27)45(5)43/h6-14,17-20,24,32,36H,15-16,21-22H2,1-5H3,(H,37,42)(H,38,41). The van der Waals surface area contributed by atoms with Gasteiger partial charge in [0.15, 0.2) is 0 Å². The fourth-order valence-electron chi connectivity index (χ4n) is 5.04. The third kappa shape index (κ3) is 8.89. The van der Waals surface area contributed by atoms with Gasteiger partial charge in [-0.3, -0.25) is 9.00 Å². The molecule has 1 aliphatic carbocycles. The Bertz CT molecular complexity index is 1710. The molecule has 1 heterocycles. The molecule has 1 aliphatic rings. The number of aromatic nitrogens is 2. The highest BCUT2D eigenvalue weighted by atomic mass is 32.2.